The Hall–Kier alpha value is -1.55. The van der Waals surface area contributed by atoms with Gasteiger partial charge in [0.1, 0.15) is 5.60 Å². The Kier molecular flexibility index (Phi) is 8.70. The van der Waals surface area contributed by atoms with E-state index in [1.807, 2.05) is 45.9 Å². The minimum Gasteiger partial charge on any atom is -0.444 e. The number of amides is 1. The smallest absolute Gasteiger partial charge is 0.407 e. The van der Waals surface area contributed by atoms with Gasteiger partial charge in [-0.2, -0.15) is 0 Å². The summed E-state index contributed by atoms with van der Waals surface area (Å²) in [4.78, 5) is 11.5. The third kappa shape index (κ3) is 9.91. The molecule has 0 saturated heterocycles. The van der Waals surface area contributed by atoms with Gasteiger partial charge in [-0.05, 0) is 58.6 Å². The highest BCUT2D eigenvalue weighted by atomic mass is 16.6. The van der Waals surface area contributed by atoms with Crippen molar-refractivity contribution >= 4 is 6.09 Å². The van der Waals surface area contributed by atoms with Crippen molar-refractivity contribution in [1.29, 1.82) is 0 Å². The average Bonchev–Trinajstić information content (AvgIpc) is 2.34. The van der Waals surface area contributed by atoms with Crippen molar-refractivity contribution in [3.8, 4) is 0 Å². The molecule has 0 aliphatic carbocycles. The third-order valence-electron chi connectivity index (χ3n) is 2.70. The number of hydrogen-bond donors (Lipinski definition) is 2. The van der Waals surface area contributed by atoms with Crippen molar-refractivity contribution < 1.29 is 14.6 Å². The quantitative estimate of drug-likeness (QED) is 0.556. The Morgan fingerprint density at radius 1 is 1.43 bits per heavy atom. The molecule has 1 atom stereocenters. The first-order chi connectivity index (χ1) is 9.67. The fourth-order valence-electron chi connectivity index (χ4n) is 1.62. The zero-order chi connectivity index (χ0) is 16.5. The molecule has 0 aromatic carbocycles. The summed E-state index contributed by atoms with van der Waals surface area (Å²) in [5.74, 6) is 0. The van der Waals surface area contributed by atoms with E-state index >= 15 is 0 Å². The van der Waals surface area contributed by atoms with E-state index in [1.165, 1.54) is 0 Å². The fraction of sp³-hybridized carbons (Fsp3) is 0.588. The van der Waals surface area contributed by atoms with Crippen LogP contribution in [-0.4, -0.2) is 29.4 Å². The molecule has 0 aromatic rings. The van der Waals surface area contributed by atoms with Crippen LogP contribution in [0, 0.1) is 0 Å². The van der Waals surface area contributed by atoms with Gasteiger partial charge in [0.15, 0.2) is 0 Å². The van der Waals surface area contributed by atoms with E-state index in [2.05, 4.69) is 11.9 Å². The molecule has 0 saturated carbocycles. The molecule has 0 spiro atoms. The predicted octanol–water partition coefficient (Wildman–Crippen LogP) is 3.73. The van der Waals surface area contributed by atoms with Crippen LogP contribution in [0.15, 0.2) is 36.0 Å². The summed E-state index contributed by atoms with van der Waals surface area (Å²) < 4.78 is 5.16. The first-order valence-electron chi connectivity index (χ1n) is 7.33. The summed E-state index contributed by atoms with van der Waals surface area (Å²) >= 11 is 0. The summed E-state index contributed by atoms with van der Waals surface area (Å²) in [5, 5.41) is 12.3. The number of ether oxygens (including phenoxy) is 1. The molecule has 2 N–H and O–H groups in total. The second kappa shape index (κ2) is 9.40. The summed E-state index contributed by atoms with van der Waals surface area (Å²) in [6.45, 7) is 13.6. The van der Waals surface area contributed by atoms with Crippen molar-refractivity contribution in [2.75, 3.05) is 6.54 Å². The third-order valence-corrected chi connectivity index (χ3v) is 2.70. The monoisotopic (exact) mass is 295 g/mol. The van der Waals surface area contributed by atoms with Crippen LogP contribution in [0.4, 0.5) is 4.79 Å². The van der Waals surface area contributed by atoms with Gasteiger partial charge in [0.05, 0.1) is 6.10 Å². The Balaban J connectivity index is 4.28. The molecule has 0 radical (unpaired) electrons. The minimum atomic E-state index is -0.569. The average molecular weight is 295 g/mol. The SMILES string of the molecule is C=C(/C(=C\C=C/C)CCCNC(=O)OC(C)(C)C)[C@H](C)O. The molecule has 0 aliphatic heterocycles. The second-order valence-corrected chi connectivity index (χ2v) is 5.95. The number of rotatable bonds is 7. The van der Waals surface area contributed by atoms with Crippen molar-refractivity contribution in [2.24, 2.45) is 0 Å². The van der Waals surface area contributed by atoms with Gasteiger partial charge < -0.3 is 15.2 Å². The van der Waals surface area contributed by atoms with Crippen LogP contribution in [0.5, 0.6) is 0 Å². The van der Waals surface area contributed by atoms with Crippen molar-refractivity contribution in [3.63, 3.8) is 0 Å². The Morgan fingerprint density at radius 3 is 2.52 bits per heavy atom. The van der Waals surface area contributed by atoms with Crippen molar-refractivity contribution in [3.05, 3.63) is 36.0 Å². The van der Waals surface area contributed by atoms with Gasteiger partial charge in [0, 0.05) is 6.54 Å². The van der Waals surface area contributed by atoms with Gasteiger partial charge in [-0.15, -0.1) is 0 Å². The lowest BCUT2D eigenvalue weighted by Crippen LogP contribution is -2.33. The number of aliphatic hydroxyl groups excluding tert-OH is 1. The number of hydrogen-bond acceptors (Lipinski definition) is 3. The van der Waals surface area contributed by atoms with E-state index in [1.54, 1.807) is 6.92 Å². The van der Waals surface area contributed by atoms with Crippen molar-refractivity contribution in [1.82, 2.24) is 5.32 Å². The minimum absolute atomic E-state index is 0.407. The predicted molar refractivity (Wildman–Crippen MR) is 87.2 cm³/mol. The standard InChI is InChI=1S/C17H29NO3/c1-7-8-10-15(13(2)14(3)19)11-9-12-18-16(20)21-17(4,5)6/h7-8,10,14,19H,2,9,11-12H2,1,3-6H3,(H,18,20)/b8-7-,15-10-/t14-/m0/s1. The maximum absolute atomic E-state index is 11.5. The Morgan fingerprint density at radius 2 is 2.05 bits per heavy atom. The topological polar surface area (TPSA) is 58.6 Å². The lowest BCUT2D eigenvalue weighted by atomic mass is 9.98. The van der Waals surface area contributed by atoms with Gasteiger partial charge in [0.2, 0.25) is 0 Å². The van der Waals surface area contributed by atoms with E-state index in [-0.39, 0.29) is 0 Å². The van der Waals surface area contributed by atoms with E-state index in [0.717, 1.165) is 18.4 Å². The molecule has 0 aromatic heterocycles. The van der Waals surface area contributed by atoms with Crippen LogP contribution in [-0.2, 0) is 4.74 Å². The first-order valence-corrected chi connectivity index (χ1v) is 7.33. The van der Waals surface area contributed by atoms with E-state index < -0.39 is 17.8 Å². The number of alkyl carbamates (subject to hydrolysis) is 1. The normalized spacial score (nSPS) is 14.1. The van der Waals surface area contributed by atoms with Crippen LogP contribution in [0.1, 0.15) is 47.5 Å². The van der Waals surface area contributed by atoms with Crippen LogP contribution in [0.25, 0.3) is 0 Å². The van der Waals surface area contributed by atoms with Gasteiger partial charge in [0.25, 0.3) is 0 Å². The molecule has 4 heteroatoms. The fourth-order valence-corrected chi connectivity index (χ4v) is 1.62. The number of allylic oxidation sites excluding steroid dienone is 3. The number of aliphatic hydroxyl groups is 1. The molecule has 120 valence electrons. The molecule has 0 bridgehead atoms. The van der Waals surface area contributed by atoms with Gasteiger partial charge in [-0.1, -0.05) is 24.8 Å². The lowest BCUT2D eigenvalue weighted by Gasteiger charge is -2.19. The molecule has 0 unspecified atom stereocenters. The molecular weight excluding hydrogens is 266 g/mol. The number of carbonyl (C=O) groups is 1. The van der Waals surface area contributed by atoms with Gasteiger partial charge in [-0.3, -0.25) is 0 Å². The Bertz CT molecular complexity index is 401. The Labute approximate surface area is 128 Å². The maximum Gasteiger partial charge on any atom is 0.407 e. The summed E-state index contributed by atoms with van der Waals surface area (Å²) in [5.41, 5.74) is 1.22. The highest BCUT2D eigenvalue weighted by molar-refractivity contribution is 5.67. The van der Waals surface area contributed by atoms with Gasteiger partial charge >= 0.3 is 6.09 Å². The van der Waals surface area contributed by atoms with Crippen LogP contribution < -0.4 is 5.32 Å². The zero-order valence-corrected chi connectivity index (χ0v) is 13.9. The van der Waals surface area contributed by atoms with E-state index in [4.69, 9.17) is 4.74 Å². The first kappa shape index (κ1) is 19.4. The summed E-state index contributed by atoms with van der Waals surface area (Å²) in [6, 6.07) is 0. The zero-order valence-electron chi connectivity index (χ0n) is 13.9. The molecule has 21 heavy (non-hydrogen) atoms. The number of carbonyl (C=O) groups excluding carboxylic acids is 1. The molecule has 0 aliphatic rings. The molecular formula is C17H29NO3. The molecule has 0 rings (SSSR count). The molecule has 0 fully saturated rings. The van der Waals surface area contributed by atoms with Crippen LogP contribution in [0.3, 0.4) is 0 Å². The highest BCUT2D eigenvalue weighted by Gasteiger charge is 2.15. The van der Waals surface area contributed by atoms with E-state index in [0.29, 0.717) is 12.1 Å². The van der Waals surface area contributed by atoms with Crippen molar-refractivity contribution in [2.45, 2.75) is 59.2 Å². The van der Waals surface area contributed by atoms with Gasteiger partial charge in [-0.25, -0.2) is 4.79 Å². The lowest BCUT2D eigenvalue weighted by molar-refractivity contribution is 0.0527. The highest BCUT2D eigenvalue weighted by Crippen LogP contribution is 2.18. The summed E-state index contributed by atoms with van der Waals surface area (Å²) in [7, 11) is 0. The van der Waals surface area contributed by atoms with E-state index in [9.17, 15) is 9.90 Å². The van der Waals surface area contributed by atoms with Crippen LogP contribution >= 0.6 is 0 Å². The maximum atomic E-state index is 11.5. The summed E-state index contributed by atoms with van der Waals surface area (Å²) in [6.07, 6.45) is 6.32. The second-order valence-electron chi connectivity index (χ2n) is 5.95. The molecule has 1 amide bonds. The largest absolute Gasteiger partial charge is 0.444 e. The number of nitrogens with one attached hydrogen (secondary N) is 1. The molecule has 4 nitrogen and oxygen atoms in total. The van der Waals surface area contributed by atoms with Crippen LogP contribution in [0.2, 0.25) is 0 Å². The molecule has 0 heterocycles.